The van der Waals surface area contributed by atoms with E-state index >= 15 is 0 Å². The second-order valence-electron chi connectivity index (χ2n) is 6.16. The smallest absolute Gasteiger partial charge is 0.148 e. The third kappa shape index (κ3) is 4.30. The van der Waals surface area contributed by atoms with Crippen molar-refractivity contribution < 1.29 is 4.74 Å². The number of benzene rings is 1. The van der Waals surface area contributed by atoms with E-state index < -0.39 is 0 Å². The number of hydrogen-bond acceptors (Lipinski definition) is 7. The Morgan fingerprint density at radius 2 is 2.33 bits per heavy atom. The van der Waals surface area contributed by atoms with Gasteiger partial charge in [-0.3, -0.25) is 4.72 Å². The first kappa shape index (κ1) is 19.8. The lowest BCUT2D eigenvalue weighted by Gasteiger charge is -2.12. The van der Waals surface area contributed by atoms with Crippen LogP contribution in [0, 0.1) is 11.3 Å². The van der Waals surface area contributed by atoms with Gasteiger partial charge >= 0.3 is 0 Å². The summed E-state index contributed by atoms with van der Waals surface area (Å²) in [7, 11) is 1.58. The Balaban J connectivity index is 1.92. The van der Waals surface area contributed by atoms with Crippen molar-refractivity contribution in [3.63, 3.8) is 0 Å². The fraction of sp³-hybridized carbons (Fsp3) is 0.350. The van der Waals surface area contributed by atoms with E-state index in [1.54, 1.807) is 30.4 Å². The third-order valence-corrected chi connectivity index (χ3v) is 6.04. The van der Waals surface area contributed by atoms with Gasteiger partial charge in [0.05, 0.1) is 18.2 Å². The molecule has 1 aromatic carbocycles. The highest BCUT2D eigenvalue weighted by atomic mass is 32.2. The molecule has 0 saturated carbocycles. The Morgan fingerprint density at radius 1 is 1.48 bits per heavy atom. The molecule has 1 aromatic heterocycles. The summed E-state index contributed by atoms with van der Waals surface area (Å²) in [6.07, 6.45) is 7.97. The average Bonchev–Trinajstić information content (AvgIpc) is 3.33. The van der Waals surface area contributed by atoms with Gasteiger partial charge in [0.1, 0.15) is 10.0 Å². The van der Waals surface area contributed by atoms with Crippen LogP contribution in [0.25, 0.3) is 16.1 Å². The van der Waals surface area contributed by atoms with Crippen molar-refractivity contribution in [2.45, 2.75) is 25.8 Å². The summed E-state index contributed by atoms with van der Waals surface area (Å²) in [5.74, 6) is 0. The molecule has 0 aliphatic heterocycles. The standard InChI is InChI=1S/C20H22N4OS2/c1-4-14(10-13(11-21)12-25-2)19-22-23-20(27-19)17-7-5-6-16-15(17)8-9-18(16)24-26-3/h4-7,10,18,24H,8-9,12H2,1-3H3/b13-10-,14-4+. The molecular formula is C20H22N4OS2. The summed E-state index contributed by atoms with van der Waals surface area (Å²) >= 11 is 3.22. The van der Waals surface area contributed by atoms with E-state index in [-0.39, 0.29) is 6.61 Å². The normalized spacial score (nSPS) is 17.0. The van der Waals surface area contributed by atoms with Crippen LogP contribution in [-0.4, -0.2) is 30.2 Å². The summed E-state index contributed by atoms with van der Waals surface area (Å²) in [5, 5.41) is 19.8. The van der Waals surface area contributed by atoms with Gasteiger partial charge < -0.3 is 4.74 Å². The Bertz CT molecular complexity index is 911. The van der Waals surface area contributed by atoms with Gasteiger partial charge in [0, 0.05) is 24.3 Å². The predicted octanol–water partition coefficient (Wildman–Crippen LogP) is 4.56. The molecule has 1 aliphatic carbocycles. The summed E-state index contributed by atoms with van der Waals surface area (Å²) < 4.78 is 8.55. The molecule has 5 nitrogen and oxygen atoms in total. The van der Waals surface area contributed by atoms with Crippen LogP contribution in [0.3, 0.4) is 0 Å². The summed E-state index contributed by atoms with van der Waals surface area (Å²) in [4.78, 5) is 0. The molecule has 0 spiro atoms. The number of hydrogen-bond donors (Lipinski definition) is 1. The van der Waals surface area contributed by atoms with Gasteiger partial charge in [0.2, 0.25) is 0 Å². The van der Waals surface area contributed by atoms with E-state index in [1.165, 1.54) is 16.7 Å². The van der Waals surface area contributed by atoms with Crippen molar-refractivity contribution in [1.82, 2.24) is 14.9 Å². The molecular weight excluding hydrogens is 376 g/mol. The Hall–Kier alpha value is -1.98. The summed E-state index contributed by atoms with van der Waals surface area (Å²) in [6.45, 7) is 2.23. The number of nitrogens with zero attached hydrogens (tertiary/aromatic N) is 3. The van der Waals surface area contributed by atoms with Crippen LogP contribution in [0.5, 0.6) is 0 Å². The highest BCUT2D eigenvalue weighted by Crippen LogP contribution is 2.39. The highest BCUT2D eigenvalue weighted by Gasteiger charge is 2.25. The van der Waals surface area contributed by atoms with Gasteiger partial charge in [-0.05, 0) is 43.2 Å². The number of nitrogens with one attached hydrogen (secondary N) is 1. The zero-order valence-electron chi connectivity index (χ0n) is 15.7. The van der Waals surface area contributed by atoms with Crippen LogP contribution in [0.1, 0.15) is 35.5 Å². The number of rotatable bonds is 7. The maximum absolute atomic E-state index is 9.24. The Kier molecular flexibility index (Phi) is 6.80. The minimum absolute atomic E-state index is 0.287. The monoisotopic (exact) mass is 398 g/mol. The molecule has 1 aliphatic rings. The van der Waals surface area contributed by atoms with Gasteiger partial charge in [0.25, 0.3) is 0 Å². The van der Waals surface area contributed by atoms with Crippen molar-refractivity contribution >= 4 is 28.9 Å². The molecule has 0 amide bonds. The molecule has 1 heterocycles. The van der Waals surface area contributed by atoms with Crippen LogP contribution < -0.4 is 4.72 Å². The molecule has 7 heteroatoms. The SMILES string of the molecule is C/C=C(\C=C(\C#N)COC)c1nnc(-c2cccc3c2CCC3NSC)s1. The first-order valence-corrected chi connectivity index (χ1v) is 10.8. The first-order chi connectivity index (χ1) is 13.2. The maximum Gasteiger partial charge on any atom is 0.148 e. The highest BCUT2D eigenvalue weighted by molar-refractivity contribution is 7.96. The lowest BCUT2D eigenvalue weighted by atomic mass is 10.0. The van der Waals surface area contributed by atoms with Crippen molar-refractivity contribution in [3.05, 3.63) is 52.1 Å². The van der Waals surface area contributed by atoms with Gasteiger partial charge in [-0.2, -0.15) is 5.26 Å². The third-order valence-electron chi connectivity index (χ3n) is 4.52. The molecule has 27 heavy (non-hydrogen) atoms. The molecule has 1 unspecified atom stereocenters. The molecule has 0 fully saturated rings. The number of allylic oxidation sites excluding steroid dienone is 3. The van der Waals surface area contributed by atoms with E-state index in [2.05, 4.69) is 45.4 Å². The molecule has 0 radical (unpaired) electrons. The fourth-order valence-electron chi connectivity index (χ4n) is 3.29. The summed E-state index contributed by atoms with van der Waals surface area (Å²) in [6, 6.07) is 8.98. The summed E-state index contributed by atoms with van der Waals surface area (Å²) in [5.41, 5.74) is 5.34. The topological polar surface area (TPSA) is 70.8 Å². The van der Waals surface area contributed by atoms with Gasteiger partial charge in [-0.25, -0.2) is 0 Å². The molecule has 0 saturated heterocycles. The molecule has 1 N–H and O–H groups in total. The van der Waals surface area contributed by atoms with Crippen molar-refractivity contribution in [1.29, 1.82) is 5.26 Å². The average molecular weight is 399 g/mol. The molecule has 1 atom stereocenters. The van der Waals surface area contributed by atoms with E-state index in [0.29, 0.717) is 11.6 Å². The minimum atomic E-state index is 0.287. The number of aromatic nitrogens is 2. The van der Waals surface area contributed by atoms with Crippen LogP contribution in [-0.2, 0) is 11.2 Å². The fourth-order valence-corrected chi connectivity index (χ4v) is 4.76. The first-order valence-electron chi connectivity index (χ1n) is 8.72. The number of nitriles is 1. The predicted molar refractivity (Wildman–Crippen MR) is 112 cm³/mol. The molecule has 140 valence electrons. The number of fused-ring (bicyclic) bond motifs is 1. The van der Waals surface area contributed by atoms with Crippen LogP contribution in [0.15, 0.2) is 35.9 Å². The van der Waals surface area contributed by atoms with E-state index in [9.17, 15) is 5.26 Å². The quantitative estimate of drug-likeness (QED) is 0.419. The Labute approximate surface area is 168 Å². The molecule has 3 rings (SSSR count). The van der Waals surface area contributed by atoms with Gasteiger partial charge in [0.15, 0.2) is 0 Å². The zero-order chi connectivity index (χ0) is 19.2. The van der Waals surface area contributed by atoms with Crippen LogP contribution in [0.2, 0.25) is 0 Å². The Morgan fingerprint density at radius 3 is 3.04 bits per heavy atom. The number of methoxy groups -OCH3 is 1. The van der Waals surface area contributed by atoms with Crippen molar-refractivity contribution in [2.75, 3.05) is 20.0 Å². The minimum Gasteiger partial charge on any atom is -0.379 e. The van der Waals surface area contributed by atoms with Crippen LogP contribution >= 0.6 is 23.3 Å². The molecule has 0 bridgehead atoms. The van der Waals surface area contributed by atoms with Crippen LogP contribution in [0.4, 0.5) is 0 Å². The van der Waals surface area contributed by atoms with Crippen molar-refractivity contribution in [3.8, 4) is 16.6 Å². The maximum atomic E-state index is 9.24. The largest absolute Gasteiger partial charge is 0.379 e. The van der Waals surface area contributed by atoms with Gasteiger partial charge in [-0.15, -0.1) is 10.2 Å². The zero-order valence-corrected chi connectivity index (χ0v) is 17.3. The second-order valence-corrected chi connectivity index (χ2v) is 7.78. The number of ether oxygens (including phenoxy) is 1. The lowest BCUT2D eigenvalue weighted by molar-refractivity contribution is 0.229. The second kappa shape index (κ2) is 9.29. The van der Waals surface area contributed by atoms with Gasteiger partial charge in [-0.1, -0.05) is 47.6 Å². The van der Waals surface area contributed by atoms with E-state index in [0.717, 1.165) is 28.4 Å². The molecule has 2 aromatic rings. The van der Waals surface area contributed by atoms with Crippen molar-refractivity contribution in [2.24, 2.45) is 0 Å². The van der Waals surface area contributed by atoms with E-state index in [4.69, 9.17) is 4.74 Å². The van der Waals surface area contributed by atoms with E-state index in [1.807, 2.05) is 19.1 Å². The lowest BCUT2D eigenvalue weighted by Crippen LogP contribution is -2.09.